The smallest absolute Gasteiger partial charge is 0.252 e. The molecule has 0 radical (unpaired) electrons. The van der Waals surface area contributed by atoms with Crippen molar-refractivity contribution in [3.63, 3.8) is 0 Å². The van der Waals surface area contributed by atoms with Crippen molar-refractivity contribution in [2.75, 3.05) is 10.6 Å². The second-order valence-electron chi connectivity index (χ2n) is 8.43. The Morgan fingerprint density at radius 3 is 2.71 bits per heavy atom. The van der Waals surface area contributed by atoms with Crippen LogP contribution < -0.4 is 22.1 Å². The average molecular weight is 461 g/mol. The molecule has 0 bridgehead atoms. The van der Waals surface area contributed by atoms with Crippen LogP contribution in [0.3, 0.4) is 0 Å². The van der Waals surface area contributed by atoms with Crippen LogP contribution >= 0.6 is 0 Å². The number of nitrogens with one attached hydrogen (secondary N) is 2. The number of hydrogen-bond donors (Lipinski definition) is 4. The first-order valence-corrected chi connectivity index (χ1v) is 11.2. The Hall–Kier alpha value is -4.05. The van der Waals surface area contributed by atoms with Gasteiger partial charge in [-0.25, -0.2) is 19.0 Å². The number of benzene rings is 1. The molecule has 34 heavy (non-hydrogen) atoms. The van der Waals surface area contributed by atoms with Crippen LogP contribution in [0.5, 0.6) is 0 Å². The van der Waals surface area contributed by atoms with E-state index in [0.29, 0.717) is 11.5 Å². The summed E-state index contributed by atoms with van der Waals surface area (Å²) in [4.78, 5) is 21.0. The first-order valence-electron chi connectivity index (χ1n) is 11.2. The largest absolute Gasteiger partial charge is 0.365 e. The number of anilines is 3. The van der Waals surface area contributed by atoms with Gasteiger partial charge in [0.15, 0.2) is 17.5 Å². The van der Waals surface area contributed by atoms with Gasteiger partial charge in [0.25, 0.3) is 5.91 Å². The SMILES string of the molecule is NC(=O)c1cc(F)c(N[C@@H]2CCCCC2N)nc1Nc1ccc2nc(-n3cccn3)ccc2c1. The molecule has 1 aliphatic carbocycles. The molecule has 174 valence electrons. The minimum atomic E-state index is -0.777. The van der Waals surface area contributed by atoms with Gasteiger partial charge in [0.1, 0.15) is 5.82 Å². The van der Waals surface area contributed by atoms with Crippen LogP contribution in [0.25, 0.3) is 16.7 Å². The summed E-state index contributed by atoms with van der Waals surface area (Å²) in [7, 11) is 0. The van der Waals surface area contributed by atoms with Gasteiger partial charge in [0, 0.05) is 35.6 Å². The summed E-state index contributed by atoms with van der Waals surface area (Å²) in [6.07, 6.45) is 7.29. The minimum absolute atomic E-state index is 0.0387. The predicted molar refractivity (Wildman–Crippen MR) is 129 cm³/mol. The molecule has 1 fully saturated rings. The Bertz CT molecular complexity index is 1340. The van der Waals surface area contributed by atoms with Crippen LogP contribution in [0.15, 0.2) is 54.9 Å². The summed E-state index contributed by atoms with van der Waals surface area (Å²) in [5.41, 5.74) is 13.1. The lowest BCUT2D eigenvalue weighted by Gasteiger charge is -2.30. The lowest BCUT2D eigenvalue weighted by molar-refractivity contribution is 0.100. The Balaban J connectivity index is 1.45. The zero-order valence-corrected chi connectivity index (χ0v) is 18.4. The van der Waals surface area contributed by atoms with Gasteiger partial charge in [-0.1, -0.05) is 12.8 Å². The van der Waals surface area contributed by atoms with E-state index in [1.165, 1.54) is 0 Å². The molecule has 2 atom stereocenters. The normalized spacial score (nSPS) is 18.1. The summed E-state index contributed by atoms with van der Waals surface area (Å²) in [5, 5.41) is 11.3. The van der Waals surface area contributed by atoms with Gasteiger partial charge in [-0.2, -0.15) is 5.10 Å². The van der Waals surface area contributed by atoms with E-state index in [-0.39, 0.29) is 29.3 Å². The highest BCUT2D eigenvalue weighted by Crippen LogP contribution is 2.28. The third-order valence-corrected chi connectivity index (χ3v) is 6.06. The van der Waals surface area contributed by atoms with Crippen molar-refractivity contribution >= 4 is 34.1 Å². The van der Waals surface area contributed by atoms with E-state index in [4.69, 9.17) is 11.5 Å². The Morgan fingerprint density at radius 2 is 1.94 bits per heavy atom. The number of nitrogens with zero attached hydrogens (tertiary/aromatic N) is 4. The number of hydrogen-bond acceptors (Lipinski definition) is 7. The summed E-state index contributed by atoms with van der Waals surface area (Å²) in [6.45, 7) is 0. The Kier molecular flexibility index (Phi) is 5.81. The van der Waals surface area contributed by atoms with Crippen LogP contribution in [-0.4, -0.2) is 37.7 Å². The maximum Gasteiger partial charge on any atom is 0.252 e. The van der Waals surface area contributed by atoms with Crippen molar-refractivity contribution in [3.05, 3.63) is 66.2 Å². The summed E-state index contributed by atoms with van der Waals surface area (Å²) >= 11 is 0. The van der Waals surface area contributed by atoms with Crippen molar-refractivity contribution in [1.82, 2.24) is 19.7 Å². The first-order chi connectivity index (χ1) is 16.5. The molecule has 1 aromatic carbocycles. The fraction of sp³-hybridized carbons (Fsp3) is 0.250. The first kappa shape index (κ1) is 21.8. The fourth-order valence-corrected chi connectivity index (χ4v) is 4.25. The van der Waals surface area contributed by atoms with Crippen molar-refractivity contribution in [2.24, 2.45) is 11.5 Å². The molecule has 10 heteroatoms. The van der Waals surface area contributed by atoms with E-state index in [0.717, 1.165) is 42.7 Å². The number of aromatic nitrogens is 4. The zero-order chi connectivity index (χ0) is 23.7. The average Bonchev–Trinajstić information content (AvgIpc) is 3.37. The highest BCUT2D eigenvalue weighted by atomic mass is 19.1. The molecule has 0 aliphatic heterocycles. The van der Waals surface area contributed by atoms with E-state index in [9.17, 15) is 9.18 Å². The van der Waals surface area contributed by atoms with Crippen LogP contribution in [0, 0.1) is 5.82 Å². The van der Waals surface area contributed by atoms with Crippen molar-refractivity contribution in [3.8, 4) is 5.82 Å². The van der Waals surface area contributed by atoms with Gasteiger partial charge in [-0.15, -0.1) is 0 Å². The van der Waals surface area contributed by atoms with Gasteiger partial charge in [0.2, 0.25) is 0 Å². The van der Waals surface area contributed by atoms with Crippen molar-refractivity contribution in [2.45, 2.75) is 37.8 Å². The molecular weight excluding hydrogens is 435 g/mol. The lowest BCUT2D eigenvalue weighted by Crippen LogP contribution is -2.43. The molecule has 6 N–H and O–H groups in total. The quantitative estimate of drug-likeness (QED) is 0.346. The lowest BCUT2D eigenvalue weighted by atomic mass is 9.91. The van der Waals surface area contributed by atoms with Gasteiger partial charge in [-0.05, 0) is 55.3 Å². The molecule has 9 nitrogen and oxygen atoms in total. The van der Waals surface area contributed by atoms with Crippen LogP contribution in [0.2, 0.25) is 0 Å². The number of pyridine rings is 2. The predicted octanol–water partition coefficient (Wildman–Crippen LogP) is 3.48. The second-order valence-corrected chi connectivity index (χ2v) is 8.43. The maximum atomic E-state index is 14.8. The topological polar surface area (TPSA) is 137 Å². The molecule has 0 saturated heterocycles. The van der Waals surface area contributed by atoms with Crippen LogP contribution in [0.4, 0.5) is 21.7 Å². The molecule has 4 aromatic rings. The zero-order valence-electron chi connectivity index (χ0n) is 18.4. The number of carbonyl (C=O) groups is 1. The molecule has 1 aliphatic rings. The third kappa shape index (κ3) is 4.40. The van der Waals surface area contributed by atoms with E-state index in [1.807, 2.05) is 42.6 Å². The molecule has 3 aromatic heterocycles. The number of nitrogens with two attached hydrogens (primary N) is 2. The number of amides is 1. The maximum absolute atomic E-state index is 14.8. The highest BCUT2D eigenvalue weighted by Gasteiger charge is 2.24. The molecule has 0 spiro atoms. The molecular formula is C24H25FN8O. The van der Waals surface area contributed by atoms with Crippen LogP contribution in [0.1, 0.15) is 36.0 Å². The van der Waals surface area contributed by atoms with Gasteiger partial charge in [0.05, 0.1) is 11.1 Å². The molecule has 5 rings (SSSR count). The van der Waals surface area contributed by atoms with E-state index in [2.05, 4.69) is 25.7 Å². The monoisotopic (exact) mass is 460 g/mol. The number of primary amides is 1. The molecule has 3 heterocycles. The number of rotatable bonds is 6. The highest BCUT2D eigenvalue weighted by molar-refractivity contribution is 5.99. The van der Waals surface area contributed by atoms with Crippen molar-refractivity contribution in [1.29, 1.82) is 0 Å². The van der Waals surface area contributed by atoms with E-state index in [1.54, 1.807) is 10.9 Å². The van der Waals surface area contributed by atoms with Gasteiger partial charge in [-0.3, -0.25) is 4.79 Å². The Labute approximate surface area is 195 Å². The number of fused-ring (bicyclic) bond motifs is 1. The minimum Gasteiger partial charge on any atom is -0.365 e. The van der Waals surface area contributed by atoms with E-state index < -0.39 is 11.7 Å². The summed E-state index contributed by atoms with van der Waals surface area (Å²) in [5.74, 6) is -0.513. The Morgan fingerprint density at radius 1 is 1.09 bits per heavy atom. The number of halogens is 1. The van der Waals surface area contributed by atoms with Crippen LogP contribution in [-0.2, 0) is 0 Å². The third-order valence-electron chi connectivity index (χ3n) is 6.06. The van der Waals surface area contributed by atoms with E-state index >= 15 is 0 Å². The molecule has 1 amide bonds. The molecule has 1 saturated carbocycles. The van der Waals surface area contributed by atoms with Crippen molar-refractivity contribution < 1.29 is 9.18 Å². The molecule has 1 unspecified atom stereocenters. The standard InChI is InChI=1S/C24H25FN8O/c25-17-13-16(22(27)34)23(32-24(17)31-20-5-2-1-4-18(20)26)29-15-7-8-19-14(12-15)6-9-21(30-19)33-11-3-10-28-33/h3,6-13,18,20H,1-2,4-5,26H2,(H2,27,34)(H2,29,31,32)/t18?,20-/m1/s1. The fourth-order valence-electron chi connectivity index (χ4n) is 4.25. The number of carbonyl (C=O) groups excluding carboxylic acids is 1. The summed E-state index contributed by atoms with van der Waals surface area (Å²) in [6, 6.07) is 12.1. The second kappa shape index (κ2) is 9.06. The van der Waals surface area contributed by atoms with Gasteiger partial charge < -0.3 is 22.1 Å². The summed E-state index contributed by atoms with van der Waals surface area (Å²) < 4.78 is 16.4. The van der Waals surface area contributed by atoms with Gasteiger partial charge >= 0.3 is 0 Å².